The van der Waals surface area contributed by atoms with Crippen molar-refractivity contribution in [3.05, 3.63) is 59.4 Å². The average Bonchev–Trinajstić information content (AvgIpc) is 2.64. The van der Waals surface area contributed by atoms with Crippen molar-refractivity contribution in [3.8, 4) is 0 Å². The first kappa shape index (κ1) is 19.8. The van der Waals surface area contributed by atoms with E-state index in [4.69, 9.17) is 11.6 Å². The summed E-state index contributed by atoms with van der Waals surface area (Å²) in [6.45, 7) is 1.26. The Labute approximate surface area is 162 Å². The molecule has 0 aromatic heterocycles. The lowest BCUT2D eigenvalue weighted by molar-refractivity contribution is -0.117. The van der Waals surface area contributed by atoms with Crippen LogP contribution in [0.4, 0.5) is 10.1 Å². The fourth-order valence-corrected chi connectivity index (χ4v) is 4.55. The number of carbonyl (C=O) groups excluding carboxylic acids is 1. The van der Waals surface area contributed by atoms with E-state index in [1.54, 1.807) is 24.3 Å². The van der Waals surface area contributed by atoms with Crippen LogP contribution in [-0.4, -0.2) is 56.3 Å². The van der Waals surface area contributed by atoms with Gasteiger partial charge in [-0.1, -0.05) is 35.9 Å². The van der Waals surface area contributed by atoms with E-state index >= 15 is 0 Å². The molecule has 0 radical (unpaired) electrons. The molecule has 0 bridgehead atoms. The summed E-state index contributed by atoms with van der Waals surface area (Å²) >= 11 is 6.02. The number of hydrogen-bond acceptors (Lipinski definition) is 4. The zero-order valence-corrected chi connectivity index (χ0v) is 16.0. The fourth-order valence-electron chi connectivity index (χ4n) is 2.88. The summed E-state index contributed by atoms with van der Waals surface area (Å²) in [4.78, 5) is 13.7. The third-order valence-corrected chi connectivity index (χ3v) is 6.56. The van der Waals surface area contributed by atoms with Crippen LogP contribution in [0.15, 0.2) is 53.4 Å². The van der Waals surface area contributed by atoms with Gasteiger partial charge in [-0.15, -0.1) is 0 Å². The number of benzene rings is 2. The Balaban J connectivity index is 1.57. The molecule has 9 heteroatoms. The molecule has 3 rings (SSSR count). The Morgan fingerprint density at radius 1 is 1.04 bits per heavy atom. The minimum atomic E-state index is -3.89. The molecule has 1 aliphatic rings. The first-order valence-electron chi connectivity index (χ1n) is 8.39. The Kier molecular flexibility index (Phi) is 6.11. The molecule has 0 atom stereocenters. The molecule has 1 heterocycles. The number of nitrogens with one attached hydrogen (secondary N) is 1. The lowest BCUT2D eigenvalue weighted by atomic mass is 10.3. The second kappa shape index (κ2) is 8.35. The summed E-state index contributed by atoms with van der Waals surface area (Å²) in [7, 11) is -3.89. The number of carbonyl (C=O) groups is 1. The van der Waals surface area contributed by atoms with Crippen LogP contribution >= 0.6 is 11.6 Å². The number of para-hydroxylation sites is 1. The Morgan fingerprint density at radius 2 is 1.67 bits per heavy atom. The largest absolute Gasteiger partial charge is 0.324 e. The smallest absolute Gasteiger partial charge is 0.246 e. The lowest BCUT2D eigenvalue weighted by Gasteiger charge is -2.33. The molecule has 1 amide bonds. The number of rotatable bonds is 5. The molecular weight excluding hydrogens is 393 g/mol. The second-order valence-corrected chi connectivity index (χ2v) is 8.45. The van der Waals surface area contributed by atoms with E-state index in [9.17, 15) is 17.6 Å². The van der Waals surface area contributed by atoms with Crippen molar-refractivity contribution in [2.45, 2.75) is 4.90 Å². The summed E-state index contributed by atoms with van der Waals surface area (Å²) in [6, 6.07) is 12.3. The third kappa shape index (κ3) is 4.65. The number of sulfonamides is 1. The van der Waals surface area contributed by atoms with E-state index in [-0.39, 0.29) is 30.4 Å². The number of nitrogens with zero attached hydrogens (tertiary/aromatic N) is 2. The van der Waals surface area contributed by atoms with Gasteiger partial charge in [-0.3, -0.25) is 9.69 Å². The molecule has 0 aliphatic carbocycles. The van der Waals surface area contributed by atoms with Crippen LogP contribution < -0.4 is 5.32 Å². The van der Waals surface area contributed by atoms with E-state index in [0.29, 0.717) is 23.8 Å². The van der Waals surface area contributed by atoms with E-state index in [1.165, 1.54) is 22.5 Å². The summed E-state index contributed by atoms with van der Waals surface area (Å²) < 4.78 is 40.3. The summed E-state index contributed by atoms with van der Waals surface area (Å²) in [6.07, 6.45) is 0. The highest BCUT2D eigenvalue weighted by Gasteiger charge is 2.30. The van der Waals surface area contributed by atoms with Gasteiger partial charge in [0.25, 0.3) is 0 Å². The molecule has 6 nitrogen and oxygen atoms in total. The van der Waals surface area contributed by atoms with Gasteiger partial charge in [0.15, 0.2) is 0 Å². The van der Waals surface area contributed by atoms with Gasteiger partial charge < -0.3 is 5.32 Å². The minimum absolute atomic E-state index is 0.124. The van der Waals surface area contributed by atoms with Crippen molar-refractivity contribution in [2.24, 2.45) is 0 Å². The van der Waals surface area contributed by atoms with Gasteiger partial charge >= 0.3 is 0 Å². The quantitative estimate of drug-likeness (QED) is 0.820. The number of anilines is 1. The number of hydrogen-bond donors (Lipinski definition) is 1. The molecule has 27 heavy (non-hydrogen) atoms. The monoisotopic (exact) mass is 411 g/mol. The minimum Gasteiger partial charge on any atom is -0.324 e. The van der Waals surface area contributed by atoms with Gasteiger partial charge in [-0.2, -0.15) is 4.31 Å². The van der Waals surface area contributed by atoms with Gasteiger partial charge in [0, 0.05) is 26.2 Å². The van der Waals surface area contributed by atoms with Crippen molar-refractivity contribution in [3.63, 3.8) is 0 Å². The van der Waals surface area contributed by atoms with Crippen molar-refractivity contribution in [1.29, 1.82) is 0 Å². The SMILES string of the molecule is O=C(CN1CCN(S(=O)(=O)c2ccccc2F)CC1)Nc1ccccc1Cl. The predicted octanol–water partition coefficient (Wildman–Crippen LogP) is 2.42. The van der Waals surface area contributed by atoms with Crippen molar-refractivity contribution < 1.29 is 17.6 Å². The van der Waals surface area contributed by atoms with Crippen molar-refractivity contribution >= 4 is 33.2 Å². The van der Waals surface area contributed by atoms with E-state index in [0.717, 1.165) is 6.07 Å². The number of amides is 1. The summed E-state index contributed by atoms with van der Waals surface area (Å²) in [5.41, 5.74) is 0.532. The summed E-state index contributed by atoms with van der Waals surface area (Å²) in [5, 5.41) is 3.19. The maximum atomic E-state index is 13.8. The number of halogens is 2. The molecule has 144 valence electrons. The molecule has 2 aromatic rings. The maximum absolute atomic E-state index is 13.8. The van der Waals surface area contributed by atoms with Gasteiger partial charge in [0.1, 0.15) is 10.7 Å². The highest BCUT2D eigenvalue weighted by atomic mass is 35.5. The predicted molar refractivity (Wildman–Crippen MR) is 102 cm³/mol. The highest BCUT2D eigenvalue weighted by Crippen LogP contribution is 2.21. The van der Waals surface area contributed by atoms with Crippen molar-refractivity contribution in [2.75, 3.05) is 38.0 Å². The van der Waals surface area contributed by atoms with E-state index < -0.39 is 15.8 Å². The second-order valence-electron chi connectivity index (χ2n) is 6.14. The molecule has 0 unspecified atom stereocenters. The average molecular weight is 412 g/mol. The maximum Gasteiger partial charge on any atom is 0.246 e. The molecule has 1 N–H and O–H groups in total. The van der Waals surface area contributed by atoms with Crippen LogP contribution in [0.25, 0.3) is 0 Å². The number of piperazine rings is 1. The van der Waals surface area contributed by atoms with Crippen LogP contribution in [0.2, 0.25) is 5.02 Å². The first-order valence-corrected chi connectivity index (χ1v) is 10.2. The Hall–Kier alpha value is -2.00. The molecule has 2 aromatic carbocycles. The van der Waals surface area contributed by atoms with E-state index in [2.05, 4.69) is 5.32 Å². The fraction of sp³-hybridized carbons (Fsp3) is 0.278. The molecule has 1 aliphatic heterocycles. The highest BCUT2D eigenvalue weighted by molar-refractivity contribution is 7.89. The Morgan fingerprint density at radius 3 is 2.33 bits per heavy atom. The van der Waals surface area contributed by atoms with Crippen molar-refractivity contribution in [1.82, 2.24) is 9.21 Å². The van der Waals surface area contributed by atoms with Gasteiger partial charge in [-0.25, -0.2) is 12.8 Å². The molecule has 1 saturated heterocycles. The van der Waals surface area contributed by atoms with Crippen LogP contribution in [0.5, 0.6) is 0 Å². The molecule has 0 saturated carbocycles. The Bertz CT molecular complexity index is 931. The lowest BCUT2D eigenvalue weighted by Crippen LogP contribution is -2.50. The van der Waals surface area contributed by atoms with Gasteiger partial charge in [-0.05, 0) is 24.3 Å². The van der Waals surface area contributed by atoms with Gasteiger partial charge in [0.2, 0.25) is 15.9 Å². The third-order valence-electron chi connectivity index (χ3n) is 4.30. The molecule has 0 spiro atoms. The first-order chi connectivity index (χ1) is 12.9. The van der Waals surface area contributed by atoms with Gasteiger partial charge in [0.05, 0.1) is 17.3 Å². The topological polar surface area (TPSA) is 69.7 Å². The zero-order valence-electron chi connectivity index (χ0n) is 14.4. The van der Waals surface area contributed by atoms with E-state index in [1.807, 2.05) is 4.90 Å². The normalized spacial score (nSPS) is 16.2. The summed E-state index contributed by atoms with van der Waals surface area (Å²) in [5.74, 6) is -0.993. The zero-order chi connectivity index (χ0) is 19.4. The molecular formula is C18H19ClFN3O3S. The van der Waals surface area contributed by atoms with Crippen LogP contribution in [-0.2, 0) is 14.8 Å². The van der Waals surface area contributed by atoms with Crippen LogP contribution in [0.1, 0.15) is 0 Å². The standard InChI is InChI=1S/C18H19ClFN3O3S/c19-14-5-1-3-7-16(14)21-18(24)13-22-9-11-23(12-10-22)27(25,26)17-8-4-2-6-15(17)20/h1-8H,9-13H2,(H,21,24). The van der Waals surface area contributed by atoms with Crippen LogP contribution in [0.3, 0.4) is 0 Å². The van der Waals surface area contributed by atoms with Crippen LogP contribution in [0, 0.1) is 5.82 Å². The molecule has 1 fully saturated rings.